The molecule has 5 heteroatoms. The first-order valence-corrected chi connectivity index (χ1v) is 8.78. The van der Waals surface area contributed by atoms with Crippen LogP contribution in [0.25, 0.3) is 0 Å². The Hall–Kier alpha value is -2.04. The van der Waals surface area contributed by atoms with E-state index in [1.807, 2.05) is 30.3 Å². The van der Waals surface area contributed by atoms with Crippen LogP contribution in [0.2, 0.25) is 0 Å². The van der Waals surface area contributed by atoms with Crippen LogP contribution in [0.5, 0.6) is 0 Å². The van der Waals surface area contributed by atoms with Gasteiger partial charge in [0.05, 0.1) is 6.42 Å². The number of carbonyl (C=O) groups is 2. The van der Waals surface area contributed by atoms with E-state index >= 15 is 0 Å². The minimum absolute atomic E-state index is 0.0376. The van der Waals surface area contributed by atoms with Crippen molar-refractivity contribution in [3.8, 4) is 0 Å². The minimum atomic E-state index is -0.831. The third kappa shape index (κ3) is 5.48. The number of benzene rings is 1. The Labute approximate surface area is 149 Å². The number of amides is 1. The molecule has 0 radical (unpaired) electrons. The van der Waals surface area contributed by atoms with E-state index in [0.29, 0.717) is 0 Å². The summed E-state index contributed by atoms with van der Waals surface area (Å²) < 4.78 is 5.32. The molecule has 2 N–H and O–H groups in total. The molecule has 1 aromatic carbocycles. The van der Waals surface area contributed by atoms with Gasteiger partial charge in [-0.3, -0.25) is 4.79 Å². The summed E-state index contributed by atoms with van der Waals surface area (Å²) in [5, 5.41) is 12.2. The number of ether oxygens (including phenoxy) is 1. The highest BCUT2D eigenvalue weighted by Crippen LogP contribution is 2.50. The summed E-state index contributed by atoms with van der Waals surface area (Å²) in [5.41, 5.74) is 0.789. The van der Waals surface area contributed by atoms with Gasteiger partial charge in [0.1, 0.15) is 6.61 Å². The molecule has 0 aliphatic heterocycles. The molecule has 1 fully saturated rings. The Bertz CT molecular complexity index is 609. The highest BCUT2D eigenvalue weighted by atomic mass is 16.5. The maximum atomic E-state index is 12.3. The first-order valence-electron chi connectivity index (χ1n) is 8.78. The van der Waals surface area contributed by atoms with Crippen molar-refractivity contribution in [2.75, 3.05) is 0 Å². The molecule has 2 atom stereocenters. The monoisotopic (exact) mass is 347 g/mol. The van der Waals surface area contributed by atoms with Gasteiger partial charge in [-0.15, -0.1) is 0 Å². The molecule has 0 saturated heterocycles. The van der Waals surface area contributed by atoms with Crippen LogP contribution >= 0.6 is 0 Å². The van der Waals surface area contributed by atoms with Crippen LogP contribution in [0.3, 0.4) is 0 Å². The lowest BCUT2D eigenvalue weighted by molar-refractivity contribution is -0.141. The number of carboxylic acids is 1. The van der Waals surface area contributed by atoms with Crippen molar-refractivity contribution < 1.29 is 19.4 Å². The first-order chi connectivity index (χ1) is 11.6. The van der Waals surface area contributed by atoms with Crippen LogP contribution in [0.4, 0.5) is 4.79 Å². The fraction of sp³-hybridized carbons (Fsp3) is 0.600. The Morgan fingerprint density at radius 1 is 1.20 bits per heavy atom. The average Bonchev–Trinajstić information content (AvgIpc) is 2.48. The van der Waals surface area contributed by atoms with E-state index in [0.717, 1.165) is 18.4 Å². The molecule has 0 bridgehead atoms. The summed E-state index contributed by atoms with van der Waals surface area (Å²) in [6.07, 6.45) is 1.23. The van der Waals surface area contributed by atoms with E-state index in [-0.39, 0.29) is 35.8 Å². The Kier molecular flexibility index (Phi) is 5.76. The minimum Gasteiger partial charge on any atom is -0.481 e. The fourth-order valence-corrected chi connectivity index (χ4v) is 4.39. The van der Waals surface area contributed by atoms with E-state index in [1.165, 1.54) is 0 Å². The van der Waals surface area contributed by atoms with Crippen LogP contribution in [0, 0.1) is 16.7 Å². The largest absolute Gasteiger partial charge is 0.481 e. The lowest BCUT2D eigenvalue weighted by Crippen LogP contribution is -2.53. The Morgan fingerprint density at radius 3 is 2.44 bits per heavy atom. The molecule has 25 heavy (non-hydrogen) atoms. The van der Waals surface area contributed by atoms with Crippen molar-refractivity contribution in [2.45, 2.75) is 59.6 Å². The maximum Gasteiger partial charge on any atom is 0.407 e. The summed E-state index contributed by atoms with van der Waals surface area (Å²) in [6.45, 7) is 8.71. The summed E-state index contributed by atoms with van der Waals surface area (Å²) in [6, 6.07) is 9.28. The van der Waals surface area contributed by atoms with Gasteiger partial charge in [0.2, 0.25) is 0 Å². The predicted molar refractivity (Wildman–Crippen MR) is 96.1 cm³/mol. The molecule has 0 aromatic heterocycles. The smallest absolute Gasteiger partial charge is 0.407 e. The predicted octanol–water partition coefficient (Wildman–Crippen LogP) is 4.22. The number of aliphatic carboxylic acids is 1. The number of alkyl carbamates (subject to hydrolysis) is 1. The number of hydrogen-bond acceptors (Lipinski definition) is 3. The molecule has 1 aromatic rings. The summed E-state index contributed by atoms with van der Waals surface area (Å²) in [5.74, 6) is -0.954. The fourth-order valence-electron chi connectivity index (χ4n) is 4.39. The molecule has 1 aliphatic rings. The van der Waals surface area contributed by atoms with Gasteiger partial charge >= 0.3 is 12.1 Å². The zero-order valence-corrected chi connectivity index (χ0v) is 15.5. The van der Waals surface area contributed by atoms with Gasteiger partial charge in [0.15, 0.2) is 0 Å². The lowest BCUT2D eigenvalue weighted by Gasteiger charge is -2.50. The van der Waals surface area contributed by atoms with Gasteiger partial charge in [-0.1, -0.05) is 58.0 Å². The van der Waals surface area contributed by atoms with Crippen LogP contribution in [-0.4, -0.2) is 23.2 Å². The third-order valence-electron chi connectivity index (χ3n) is 5.11. The van der Waals surface area contributed by atoms with E-state index in [2.05, 4.69) is 33.0 Å². The SMILES string of the molecule is CC1(C)CC(NC(=O)OCc2ccccc2)C(CC(=O)O)C(C)(C)C1. The molecule has 138 valence electrons. The Morgan fingerprint density at radius 2 is 1.84 bits per heavy atom. The van der Waals surface area contributed by atoms with Crippen molar-refractivity contribution in [1.29, 1.82) is 0 Å². The van der Waals surface area contributed by atoms with Gasteiger partial charge in [-0.05, 0) is 35.2 Å². The normalized spacial score (nSPS) is 24.3. The summed E-state index contributed by atoms with van der Waals surface area (Å²) >= 11 is 0. The molecule has 0 heterocycles. The van der Waals surface area contributed by atoms with Crippen molar-refractivity contribution in [2.24, 2.45) is 16.7 Å². The third-order valence-corrected chi connectivity index (χ3v) is 5.11. The molecule has 1 aliphatic carbocycles. The number of nitrogens with one attached hydrogen (secondary N) is 1. The topological polar surface area (TPSA) is 75.6 Å². The van der Waals surface area contributed by atoms with Gasteiger partial charge in [-0.2, -0.15) is 0 Å². The van der Waals surface area contributed by atoms with Crippen molar-refractivity contribution in [3.63, 3.8) is 0 Å². The van der Waals surface area contributed by atoms with E-state index in [9.17, 15) is 14.7 Å². The van der Waals surface area contributed by atoms with E-state index in [1.54, 1.807) is 0 Å². The van der Waals surface area contributed by atoms with Crippen LogP contribution in [0.1, 0.15) is 52.5 Å². The second-order valence-electron chi connectivity index (χ2n) is 8.55. The molecule has 5 nitrogen and oxygen atoms in total. The van der Waals surface area contributed by atoms with Gasteiger partial charge in [-0.25, -0.2) is 4.79 Å². The molecule has 2 rings (SSSR count). The highest BCUT2D eigenvalue weighted by Gasteiger charge is 2.47. The zero-order chi connectivity index (χ0) is 18.7. The molecule has 2 unspecified atom stereocenters. The standard InChI is InChI=1S/C20H29NO4/c1-19(2)11-16(15(10-17(22)23)20(3,4)13-19)21-18(24)25-12-14-8-6-5-7-9-14/h5-9,15-16H,10-13H2,1-4H3,(H,21,24)(H,22,23). The number of carbonyl (C=O) groups excluding carboxylic acids is 1. The Balaban J connectivity index is 2.04. The molecule has 0 spiro atoms. The molecular formula is C20H29NO4. The second kappa shape index (κ2) is 7.46. The van der Waals surface area contributed by atoms with Crippen molar-refractivity contribution in [1.82, 2.24) is 5.32 Å². The van der Waals surface area contributed by atoms with Gasteiger partial charge in [0, 0.05) is 6.04 Å². The summed E-state index contributed by atoms with van der Waals surface area (Å²) in [7, 11) is 0. The molecular weight excluding hydrogens is 318 g/mol. The summed E-state index contributed by atoms with van der Waals surface area (Å²) in [4.78, 5) is 23.6. The van der Waals surface area contributed by atoms with E-state index in [4.69, 9.17) is 4.74 Å². The van der Waals surface area contributed by atoms with Crippen molar-refractivity contribution in [3.05, 3.63) is 35.9 Å². The van der Waals surface area contributed by atoms with Crippen LogP contribution in [-0.2, 0) is 16.1 Å². The van der Waals surface area contributed by atoms with Gasteiger partial charge < -0.3 is 15.2 Å². The first kappa shape index (κ1) is 19.3. The van der Waals surface area contributed by atoms with Crippen LogP contribution in [0.15, 0.2) is 30.3 Å². The highest BCUT2D eigenvalue weighted by molar-refractivity contribution is 5.69. The maximum absolute atomic E-state index is 12.3. The van der Waals surface area contributed by atoms with Crippen LogP contribution < -0.4 is 5.32 Å². The second-order valence-corrected chi connectivity index (χ2v) is 8.55. The zero-order valence-electron chi connectivity index (χ0n) is 15.5. The lowest BCUT2D eigenvalue weighted by atomic mass is 9.57. The van der Waals surface area contributed by atoms with Crippen molar-refractivity contribution >= 4 is 12.1 Å². The molecule has 1 amide bonds. The quantitative estimate of drug-likeness (QED) is 0.836. The van der Waals surface area contributed by atoms with Gasteiger partial charge in [0.25, 0.3) is 0 Å². The average molecular weight is 347 g/mol. The number of carboxylic acid groups (broad SMARTS) is 1. The molecule has 1 saturated carbocycles. The van der Waals surface area contributed by atoms with E-state index < -0.39 is 12.1 Å². The number of hydrogen-bond donors (Lipinski definition) is 2. The number of rotatable bonds is 5.